The van der Waals surface area contributed by atoms with E-state index in [2.05, 4.69) is 22.4 Å². The first-order valence-electron chi connectivity index (χ1n) is 7.44. The molecule has 0 unspecified atom stereocenters. The lowest BCUT2D eigenvalue weighted by Gasteiger charge is -2.13. The zero-order valence-corrected chi connectivity index (χ0v) is 13.2. The van der Waals surface area contributed by atoms with E-state index in [1.54, 1.807) is 12.3 Å². The highest BCUT2D eigenvalue weighted by Gasteiger charge is 2.15. The number of carbonyl (C=O) groups excluding carboxylic acids is 1. The number of benzene rings is 2. The zero-order chi connectivity index (χ0) is 16.2. The quantitative estimate of drug-likeness (QED) is 0.751. The normalized spacial score (nSPS) is 10.7. The molecule has 0 amide bonds. The summed E-state index contributed by atoms with van der Waals surface area (Å²) in [5.74, 6) is -0.331. The van der Waals surface area contributed by atoms with Gasteiger partial charge in [-0.3, -0.25) is 4.98 Å². The summed E-state index contributed by atoms with van der Waals surface area (Å²) < 4.78 is 4.91. The average molecular weight is 306 g/mol. The van der Waals surface area contributed by atoms with Crippen LogP contribution in [0.4, 0.5) is 0 Å². The lowest BCUT2D eigenvalue weighted by molar-refractivity contribution is 0.0601. The van der Waals surface area contributed by atoms with Crippen LogP contribution in [0.15, 0.2) is 54.9 Å². The van der Waals surface area contributed by atoms with Gasteiger partial charge in [0.05, 0.1) is 12.7 Å². The van der Waals surface area contributed by atoms with Crippen LogP contribution in [0.5, 0.6) is 0 Å². The highest BCUT2D eigenvalue weighted by Crippen LogP contribution is 2.32. The molecule has 1 heterocycles. The Labute approximate surface area is 135 Å². The minimum atomic E-state index is -0.331. The largest absolute Gasteiger partial charge is 0.465 e. The van der Waals surface area contributed by atoms with E-state index in [-0.39, 0.29) is 5.97 Å². The molecule has 116 valence electrons. The smallest absolute Gasteiger partial charge is 0.338 e. The van der Waals surface area contributed by atoms with E-state index in [4.69, 9.17) is 4.74 Å². The second-order valence-electron chi connectivity index (χ2n) is 5.26. The molecular weight excluding hydrogens is 288 g/mol. The number of hydrogen-bond acceptors (Lipinski definition) is 4. The summed E-state index contributed by atoms with van der Waals surface area (Å²) in [6, 6.07) is 13.6. The van der Waals surface area contributed by atoms with E-state index >= 15 is 0 Å². The number of pyridine rings is 1. The summed E-state index contributed by atoms with van der Waals surface area (Å²) >= 11 is 0. The molecular formula is C19H18N2O2. The molecule has 23 heavy (non-hydrogen) atoms. The topological polar surface area (TPSA) is 51.2 Å². The molecule has 0 aliphatic rings. The predicted molar refractivity (Wildman–Crippen MR) is 91.3 cm³/mol. The number of carbonyl (C=O) groups is 1. The summed E-state index contributed by atoms with van der Waals surface area (Å²) in [6.45, 7) is 0.765. The van der Waals surface area contributed by atoms with Crippen molar-refractivity contribution in [2.24, 2.45) is 0 Å². The minimum Gasteiger partial charge on any atom is -0.465 e. The number of methoxy groups -OCH3 is 1. The minimum absolute atomic E-state index is 0.331. The van der Waals surface area contributed by atoms with Crippen molar-refractivity contribution in [3.8, 4) is 11.1 Å². The number of rotatable bonds is 4. The lowest BCUT2D eigenvalue weighted by atomic mass is 9.93. The van der Waals surface area contributed by atoms with E-state index in [1.165, 1.54) is 12.7 Å². The summed E-state index contributed by atoms with van der Waals surface area (Å²) in [5, 5.41) is 5.33. The van der Waals surface area contributed by atoms with Crippen molar-refractivity contribution in [1.29, 1.82) is 0 Å². The number of esters is 1. The molecule has 3 rings (SSSR count). The van der Waals surface area contributed by atoms with E-state index in [0.717, 1.165) is 28.4 Å². The van der Waals surface area contributed by atoms with Gasteiger partial charge in [0.2, 0.25) is 0 Å². The van der Waals surface area contributed by atoms with Gasteiger partial charge in [-0.2, -0.15) is 0 Å². The Kier molecular flexibility index (Phi) is 4.35. The van der Waals surface area contributed by atoms with Crippen molar-refractivity contribution in [2.45, 2.75) is 6.54 Å². The summed E-state index contributed by atoms with van der Waals surface area (Å²) in [4.78, 5) is 16.3. The van der Waals surface area contributed by atoms with Crippen LogP contribution in [0.2, 0.25) is 0 Å². The van der Waals surface area contributed by atoms with Crippen LogP contribution in [0.3, 0.4) is 0 Å². The van der Waals surface area contributed by atoms with Crippen LogP contribution in [-0.2, 0) is 11.3 Å². The Morgan fingerprint density at radius 2 is 1.91 bits per heavy atom. The lowest BCUT2D eigenvalue weighted by Crippen LogP contribution is -2.06. The first-order chi connectivity index (χ1) is 11.3. The second-order valence-corrected chi connectivity index (χ2v) is 5.26. The third-order valence-corrected chi connectivity index (χ3v) is 3.90. The SMILES string of the molecule is CNCc1ccc(-c2ccccc2C(=O)OC)c2ccncc12. The Balaban J connectivity index is 2.26. The van der Waals surface area contributed by atoms with Gasteiger partial charge in [-0.05, 0) is 41.3 Å². The van der Waals surface area contributed by atoms with Crippen molar-refractivity contribution >= 4 is 16.7 Å². The van der Waals surface area contributed by atoms with Gasteiger partial charge in [-0.1, -0.05) is 30.3 Å². The molecule has 0 spiro atoms. The van der Waals surface area contributed by atoms with Crippen molar-refractivity contribution in [3.05, 3.63) is 66.0 Å². The number of nitrogens with zero attached hydrogens (tertiary/aromatic N) is 1. The molecule has 2 aromatic carbocycles. The molecule has 3 aromatic rings. The molecule has 0 saturated carbocycles. The molecule has 4 nitrogen and oxygen atoms in total. The van der Waals surface area contributed by atoms with Crippen LogP contribution >= 0.6 is 0 Å². The summed E-state index contributed by atoms with van der Waals surface area (Å²) in [5.41, 5.74) is 3.61. The predicted octanol–water partition coefficient (Wildman–Crippen LogP) is 3.41. The fourth-order valence-corrected chi connectivity index (χ4v) is 2.83. The summed E-state index contributed by atoms with van der Waals surface area (Å²) in [6.07, 6.45) is 3.64. The van der Waals surface area contributed by atoms with Gasteiger partial charge in [0.15, 0.2) is 0 Å². The monoisotopic (exact) mass is 306 g/mol. The van der Waals surface area contributed by atoms with E-state index in [9.17, 15) is 4.79 Å². The van der Waals surface area contributed by atoms with Crippen LogP contribution in [0.1, 0.15) is 15.9 Å². The van der Waals surface area contributed by atoms with Gasteiger partial charge < -0.3 is 10.1 Å². The van der Waals surface area contributed by atoms with Crippen LogP contribution in [0, 0.1) is 0 Å². The van der Waals surface area contributed by atoms with Gasteiger partial charge >= 0.3 is 5.97 Å². The van der Waals surface area contributed by atoms with Crippen LogP contribution in [-0.4, -0.2) is 25.1 Å². The first kappa shape index (κ1) is 15.2. The van der Waals surface area contributed by atoms with Crippen LogP contribution < -0.4 is 5.32 Å². The standard InChI is InChI=1S/C19H18N2O2/c1-20-11-13-7-8-15(16-9-10-21-12-18(13)16)14-5-3-4-6-17(14)19(22)23-2/h3-10,12,20H,11H2,1-2H3. The molecule has 0 aliphatic carbocycles. The Morgan fingerprint density at radius 1 is 1.09 bits per heavy atom. The van der Waals surface area contributed by atoms with Gasteiger partial charge in [0.25, 0.3) is 0 Å². The first-order valence-corrected chi connectivity index (χ1v) is 7.44. The van der Waals surface area contributed by atoms with Gasteiger partial charge in [-0.25, -0.2) is 4.79 Å². The second kappa shape index (κ2) is 6.58. The van der Waals surface area contributed by atoms with Gasteiger partial charge in [0, 0.05) is 24.3 Å². The molecule has 1 N–H and O–H groups in total. The van der Waals surface area contributed by atoms with Crippen LogP contribution in [0.25, 0.3) is 21.9 Å². The van der Waals surface area contributed by atoms with Crippen molar-refractivity contribution in [3.63, 3.8) is 0 Å². The Morgan fingerprint density at radius 3 is 2.70 bits per heavy atom. The maximum Gasteiger partial charge on any atom is 0.338 e. The van der Waals surface area contributed by atoms with Gasteiger partial charge in [0.1, 0.15) is 0 Å². The molecule has 0 atom stereocenters. The Hall–Kier alpha value is -2.72. The maximum absolute atomic E-state index is 12.1. The fraction of sp³-hybridized carbons (Fsp3) is 0.158. The van der Waals surface area contributed by atoms with Crippen molar-refractivity contribution < 1.29 is 9.53 Å². The zero-order valence-electron chi connectivity index (χ0n) is 13.2. The van der Waals surface area contributed by atoms with E-state index in [1.807, 2.05) is 37.5 Å². The molecule has 0 bridgehead atoms. The maximum atomic E-state index is 12.1. The number of hydrogen-bond donors (Lipinski definition) is 1. The van der Waals surface area contributed by atoms with Gasteiger partial charge in [-0.15, -0.1) is 0 Å². The highest BCUT2D eigenvalue weighted by molar-refractivity contribution is 6.04. The fourth-order valence-electron chi connectivity index (χ4n) is 2.83. The summed E-state index contributed by atoms with van der Waals surface area (Å²) in [7, 11) is 3.32. The van der Waals surface area contributed by atoms with Crippen molar-refractivity contribution in [1.82, 2.24) is 10.3 Å². The van der Waals surface area contributed by atoms with E-state index < -0.39 is 0 Å². The third kappa shape index (κ3) is 2.81. The molecule has 4 heteroatoms. The number of ether oxygens (including phenoxy) is 1. The highest BCUT2D eigenvalue weighted by atomic mass is 16.5. The molecule has 0 fully saturated rings. The molecule has 1 aromatic heterocycles. The number of aromatic nitrogens is 1. The molecule has 0 radical (unpaired) electrons. The number of nitrogens with one attached hydrogen (secondary N) is 1. The number of fused-ring (bicyclic) bond motifs is 1. The Bertz CT molecular complexity index is 859. The molecule has 0 aliphatic heterocycles. The molecule has 0 saturated heterocycles. The average Bonchev–Trinajstić information content (AvgIpc) is 2.61. The third-order valence-electron chi connectivity index (χ3n) is 3.90. The van der Waals surface area contributed by atoms with Crippen molar-refractivity contribution in [2.75, 3.05) is 14.2 Å². The van der Waals surface area contributed by atoms with E-state index in [0.29, 0.717) is 5.56 Å².